The Bertz CT molecular complexity index is 512. The molecule has 1 saturated heterocycles. The quantitative estimate of drug-likeness (QED) is 0.838. The zero-order valence-corrected chi connectivity index (χ0v) is 11.3. The van der Waals surface area contributed by atoms with Gasteiger partial charge in [0.05, 0.1) is 19.4 Å². The van der Waals surface area contributed by atoms with Crippen molar-refractivity contribution in [3.63, 3.8) is 0 Å². The molecule has 1 aromatic rings. The summed E-state index contributed by atoms with van der Waals surface area (Å²) in [7, 11) is -3.50. The zero-order chi connectivity index (χ0) is 13.3. The number of hydrogen-bond acceptors (Lipinski definition) is 5. The van der Waals surface area contributed by atoms with Crippen molar-refractivity contribution in [3.8, 4) is 0 Å². The van der Waals surface area contributed by atoms with Crippen LogP contribution < -0.4 is 4.72 Å². The summed E-state index contributed by atoms with van der Waals surface area (Å²) in [6.45, 7) is 1.26. The number of ether oxygens (including phenoxy) is 2. The number of aromatic nitrogens is 2. The number of sulfonamides is 1. The van der Waals surface area contributed by atoms with Gasteiger partial charge in [-0.3, -0.25) is 5.10 Å². The van der Waals surface area contributed by atoms with Crippen molar-refractivity contribution in [2.45, 2.75) is 42.5 Å². The molecule has 2 heterocycles. The van der Waals surface area contributed by atoms with Crippen LogP contribution in [0.25, 0.3) is 0 Å². The van der Waals surface area contributed by atoms with Crippen LogP contribution in [-0.2, 0) is 19.5 Å². The summed E-state index contributed by atoms with van der Waals surface area (Å²) in [5, 5.41) is 6.22. The molecule has 7 nitrogen and oxygen atoms in total. The predicted molar refractivity (Wildman–Crippen MR) is 65.8 cm³/mol. The average Bonchev–Trinajstić information content (AvgIpc) is 3.05. The first-order chi connectivity index (χ1) is 9.10. The Hall–Kier alpha value is -0.960. The molecule has 1 spiro atoms. The van der Waals surface area contributed by atoms with Crippen LogP contribution >= 0.6 is 0 Å². The molecule has 1 aliphatic heterocycles. The smallest absolute Gasteiger partial charge is 0.257 e. The molecule has 0 aromatic carbocycles. The van der Waals surface area contributed by atoms with Gasteiger partial charge in [-0.25, -0.2) is 13.1 Å². The van der Waals surface area contributed by atoms with Gasteiger partial charge in [0.2, 0.25) is 0 Å². The molecule has 8 heteroatoms. The van der Waals surface area contributed by atoms with Crippen molar-refractivity contribution in [2.75, 3.05) is 13.2 Å². The summed E-state index contributed by atoms with van der Waals surface area (Å²) in [6, 6.07) is 1.36. The number of nitrogens with one attached hydrogen (secondary N) is 2. The monoisotopic (exact) mass is 287 g/mol. The molecule has 1 aromatic heterocycles. The summed E-state index contributed by atoms with van der Waals surface area (Å²) in [4.78, 5) is 0. The molecule has 2 aliphatic rings. The van der Waals surface area contributed by atoms with Gasteiger partial charge in [-0.1, -0.05) is 0 Å². The van der Waals surface area contributed by atoms with Gasteiger partial charge in [0.15, 0.2) is 10.8 Å². The third-order valence-electron chi connectivity index (χ3n) is 3.65. The lowest BCUT2D eigenvalue weighted by molar-refractivity contribution is -0.178. The van der Waals surface area contributed by atoms with Crippen LogP contribution in [0.3, 0.4) is 0 Å². The molecule has 3 rings (SSSR count). The maximum absolute atomic E-state index is 12.0. The molecule has 106 valence electrons. The van der Waals surface area contributed by atoms with Crippen LogP contribution in [0.2, 0.25) is 0 Å². The molecule has 0 radical (unpaired) electrons. The number of hydrogen-bond donors (Lipinski definition) is 2. The standard InChI is InChI=1S/C11H17N3O4S/c15-19(16,10-3-6-12-13-10)14-9-1-4-11(5-2-9)17-7-8-18-11/h3,6,9,14H,1-2,4-5,7-8H2,(H,12,13). The van der Waals surface area contributed by atoms with Crippen LogP contribution in [0, 0.1) is 0 Å². The first-order valence-electron chi connectivity index (χ1n) is 6.39. The Morgan fingerprint density at radius 3 is 2.58 bits per heavy atom. The van der Waals surface area contributed by atoms with Crippen molar-refractivity contribution in [2.24, 2.45) is 0 Å². The lowest BCUT2D eigenvalue weighted by Gasteiger charge is -2.35. The Morgan fingerprint density at radius 2 is 2.00 bits per heavy atom. The van der Waals surface area contributed by atoms with E-state index in [2.05, 4.69) is 14.9 Å². The highest BCUT2D eigenvalue weighted by Gasteiger charge is 2.41. The highest BCUT2D eigenvalue weighted by Crippen LogP contribution is 2.35. The highest BCUT2D eigenvalue weighted by atomic mass is 32.2. The van der Waals surface area contributed by atoms with Crippen LogP contribution in [0.4, 0.5) is 0 Å². The van der Waals surface area contributed by atoms with Crippen molar-refractivity contribution < 1.29 is 17.9 Å². The fourth-order valence-corrected chi connectivity index (χ4v) is 3.85. The molecular formula is C11H17N3O4S. The average molecular weight is 287 g/mol. The first-order valence-corrected chi connectivity index (χ1v) is 7.88. The minimum absolute atomic E-state index is 0.0771. The van der Waals surface area contributed by atoms with E-state index in [0.29, 0.717) is 26.1 Å². The van der Waals surface area contributed by atoms with Crippen LogP contribution in [0.5, 0.6) is 0 Å². The fraction of sp³-hybridized carbons (Fsp3) is 0.727. The van der Waals surface area contributed by atoms with Gasteiger partial charge in [-0.2, -0.15) is 5.10 Å². The van der Waals surface area contributed by atoms with E-state index in [-0.39, 0.29) is 11.1 Å². The molecular weight excluding hydrogens is 270 g/mol. The maximum atomic E-state index is 12.0. The Balaban J connectivity index is 1.61. The molecule has 0 bridgehead atoms. The lowest BCUT2D eigenvalue weighted by Crippen LogP contribution is -2.44. The number of H-pyrrole nitrogens is 1. The topological polar surface area (TPSA) is 93.3 Å². The zero-order valence-electron chi connectivity index (χ0n) is 10.5. The second-order valence-corrected chi connectivity index (χ2v) is 6.61. The van der Waals surface area contributed by atoms with Crippen molar-refractivity contribution >= 4 is 10.0 Å². The number of rotatable bonds is 3. The molecule has 0 unspecified atom stereocenters. The molecule has 19 heavy (non-hydrogen) atoms. The molecule has 1 aliphatic carbocycles. The number of aromatic amines is 1. The van der Waals surface area contributed by atoms with Gasteiger partial charge in [-0.15, -0.1) is 0 Å². The maximum Gasteiger partial charge on any atom is 0.257 e. The summed E-state index contributed by atoms with van der Waals surface area (Å²) in [6.07, 6.45) is 4.30. The fourth-order valence-electron chi connectivity index (χ4n) is 2.64. The minimum Gasteiger partial charge on any atom is -0.348 e. The Morgan fingerprint density at radius 1 is 1.32 bits per heavy atom. The van der Waals surface area contributed by atoms with E-state index in [1.54, 1.807) is 0 Å². The van der Waals surface area contributed by atoms with E-state index >= 15 is 0 Å². The van der Waals surface area contributed by atoms with Gasteiger partial charge < -0.3 is 9.47 Å². The summed E-state index contributed by atoms with van der Waals surface area (Å²) >= 11 is 0. The Labute approximate surface area is 111 Å². The second kappa shape index (κ2) is 4.86. The Kier molecular flexibility index (Phi) is 3.34. The van der Waals surface area contributed by atoms with E-state index in [1.807, 2.05) is 0 Å². The molecule has 0 atom stereocenters. The summed E-state index contributed by atoms with van der Waals surface area (Å²) < 4.78 is 38.0. The van der Waals surface area contributed by atoms with Gasteiger partial charge in [0.25, 0.3) is 10.0 Å². The second-order valence-electron chi connectivity index (χ2n) is 4.92. The normalized spacial score (nSPS) is 24.0. The van der Waals surface area contributed by atoms with Crippen LogP contribution in [0.15, 0.2) is 17.3 Å². The van der Waals surface area contributed by atoms with Gasteiger partial charge in [-0.05, 0) is 18.9 Å². The predicted octanol–water partition coefficient (Wildman–Crippen LogP) is 0.374. The largest absolute Gasteiger partial charge is 0.348 e. The summed E-state index contributed by atoms with van der Waals surface area (Å²) in [5.41, 5.74) is 0. The summed E-state index contributed by atoms with van der Waals surface area (Å²) in [5.74, 6) is -0.462. The molecule has 1 saturated carbocycles. The van der Waals surface area contributed by atoms with Gasteiger partial charge in [0.1, 0.15) is 0 Å². The highest BCUT2D eigenvalue weighted by molar-refractivity contribution is 7.89. The molecule has 2 N–H and O–H groups in total. The van der Waals surface area contributed by atoms with Crippen molar-refractivity contribution in [3.05, 3.63) is 12.3 Å². The SMILES string of the molecule is O=S(=O)(NC1CCC2(CC1)OCCO2)c1ccn[nH]1. The van der Waals surface area contributed by atoms with E-state index in [1.165, 1.54) is 12.3 Å². The lowest BCUT2D eigenvalue weighted by atomic mass is 9.91. The third kappa shape index (κ3) is 2.66. The van der Waals surface area contributed by atoms with E-state index in [9.17, 15) is 8.42 Å². The van der Waals surface area contributed by atoms with Crippen LogP contribution in [0.1, 0.15) is 25.7 Å². The van der Waals surface area contributed by atoms with E-state index < -0.39 is 15.8 Å². The van der Waals surface area contributed by atoms with Gasteiger partial charge >= 0.3 is 0 Å². The van der Waals surface area contributed by atoms with E-state index in [0.717, 1.165) is 12.8 Å². The number of nitrogens with zero attached hydrogens (tertiary/aromatic N) is 1. The first kappa shape index (κ1) is 13.0. The third-order valence-corrected chi connectivity index (χ3v) is 5.10. The van der Waals surface area contributed by atoms with Crippen LogP contribution in [-0.4, -0.2) is 43.7 Å². The van der Waals surface area contributed by atoms with Crippen molar-refractivity contribution in [1.82, 2.24) is 14.9 Å². The molecule has 0 amide bonds. The van der Waals surface area contributed by atoms with Crippen molar-refractivity contribution in [1.29, 1.82) is 0 Å². The van der Waals surface area contributed by atoms with Gasteiger partial charge in [0, 0.05) is 18.9 Å². The molecule has 2 fully saturated rings. The minimum atomic E-state index is -3.50. The van der Waals surface area contributed by atoms with E-state index in [4.69, 9.17) is 9.47 Å².